The van der Waals surface area contributed by atoms with Crippen LogP contribution in [-0.2, 0) is 17.5 Å². The van der Waals surface area contributed by atoms with Crippen LogP contribution in [0.5, 0.6) is 5.75 Å². The van der Waals surface area contributed by atoms with Gasteiger partial charge in [-0.3, -0.25) is 9.78 Å². The summed E-state index contributed by atoms with van der Waals surface area (Å²) >= 11 is 0. The van der Waals surface area contributed by atoms with Crippen LogP contribution in [0.15, 0.2) is 55.0 Å². The molecule has 0 aliphatic rings. The largest absolute Gasteiger partial charge is 0.493 e. The summed E-state index contributed by atoms with van der Waals surface area (Å²) in [5, 5.41) is 8.84. The minimum Gasteiger partial charge on any atom is -0.493 e. The third-order valence-corrected chi connectivity index (χ3v) is 4.96. The van der Waals surface area contributed by atoms with E-state index in [-0.39, 0.29) is 12.3 Å². The topological polar surface area (TPSA) is 77.2 Å². The number of pyridine rings is 1. The number of aromatic nitrogens is 3. The number of ether oxygens (including phenoxy) is 1. The van der Waals surface area contributed by atoms with Crippen LogP contribution in [0.25, 0.3) is 11.4 Å². The summed E-state index contributed by atoms with van der Waals surface area (Å²) < 4.78 is 46.1. The van der Waals surface area contributed by atoms with E-state index in [0.29, 0.717) is 30.3 Å². The van der Waals surface area contributed by atoms with Crippen LogP contribution in [0.2, 0.25) is 0 Å². The van der Waals surface area contributed by atoms with Gasteiger partial charge in [-0.15, -0.1) is 0 Å². The normalized spacial score (nSPS) is 12.5. The molecule has 2 aromatic heterocycles. The van der Waals surface area contributed by atoms with Gasteiger partial charge in [-0.25, -0.2) is 4.98 Å². The molecular weight excluding hydrogens is 423 g/mol. The zero-order valence-corrected chi connectivity index (χ0v) is 17.5. The van der Waals surface area contributed by atoms with Gasteiger partial charge in [-0.1, -0.05) is 25.1 Å². The molecule has 170 valence electrons. The summed E-state index contributed by atoms with van der Waals surface area (Å²) in [4.78, 5) is 18.5. The molecule has 3 aromatic rings. The van der Waals surface area contributed by atoms with Crippen molar-refractivity contribution in [3.63, 3.8) is 0 Å². The Morgan fingerprint density at radius 1 is 1.19 bits per heavy atom. The number of carboxylic acid groups (broad SMARTS) is 1. The van der Waals surface area contributed by atoms with Crippen LogP contribution in [0.1, 0.15) is 37.4 Å². The van der Waals surface area contributed by atoms with Gasteiger partial charge in [0.05, 0.1) is 13.2 Å². The summed E-state index contributed by atoms with van der Waals surface area (Å²) in [5.74, 6) is 0.479. The van der Waals surface area contributed by atoms with Gasteiger partial charge >= 0.3 is 12.1 Å². The third kappa shape index (κ3) is 6.32. The Balaban J connectivity index is 1.67. The first-order chi connectivity index (χ1) is 15.2. The Morgan fingerprint density at radius 3 is 2.66 bits per heavy atom. The van der Waals surface area contributed by atoms with Crippen molar-refractivity contribution in [2.24, 2.45) is 5.92 Å². The van der Waals surface area contributed by atoms with Gasteiger partial charge in [0.1, 0.15) is 17.3 Å². The Labute approximate surface area is 183 Å². The van der Waals surface area contributed by atoms with E-state index in [1.54, 1.807) is 12.4 Å². The zero-order chi connectivity index (χ0) is 23.1. The summed E-state index contributed by atoms with van der Waals surface area (Å²) in [5.41, 5.74) is 0.426. The molecular formula is C23H24F3N3O3. The van der Waals surface area contributed by atoms with Crippen molar-refractivity contribution in [3.05, 3.63) is 66.2 Å². The first kappa shape index (κ1) is 23.3. The highest BCUT2D eigenvalue weighted by atomic mass is 19.4. The van der Waals surface area contributed by atoms with Crippen molar-refractivity contribution >= 4 is 5.97 Å². The van der Waals surface area contributed by atoms with Crippen LogP contribution in [0.4, 0.5) is 13.2 Å². The maximum Gasteiger partial charge on any atom is 0.433 e. The van der Waals surface area contributed by atoms with E-state index in [4.69, 9.17) is 9.84 Å². The van der Waals surface area contributed by atoms with Gasteiger partial charge in [0.2, 0.25) is 0 Å². The molecule has 1 aromatic carbocycles. The minimum atomic E-state index is -4.49. The molecule has 0 saturated heterocycles. The number of alkyl halides is 3. The zero-order valence-electron chi connectivity index (χ0n) is 17.5. The number of rotatable bonds is 10. The SMILES string of the molecule is C[C@H](CCCOc1ccccc1Cn1ccnc1-c1ccc(C(F)(F)F)nc1)CC(=O)O. The number of carbonyl (C=O) groups is 1. The fourth-order valence-electron chi connectivity index (χ4n) is 3.36. The van der Waals surface area contributed by atoms with Gasteiger partial charge in [0.25, 0.3) is 0 Å². The lowest BCUT2D eigenvalue weighted by atomic mass is 10.0. The van der Waals surface area contributed by atoms with Crippen LogP contribution < -0.4 is 4.74 Å². The fraction of sp³-hybridized carbons (Fsp3) is 0.348. The molecule has 1 atom stereocenters. The standard InChI is InChI=1S/C23H24F3N3O3/c1-16(13-21(30)31)5-4-12-32-19-7-3-2-6-18(19)15-29-11-10-27-22(29)17-8-9-20(28-14-17)23(24,25)26/h2-3,6-11,14,16H,4-5,12-13,15H2,1H3,(H,30,31)/t16-/m1/s1. The minimum absolute atomic E-state index is 0.0807. The van der Waals surface area contributed by atoms with Gasteiger partial charge in [0.15, 0.2) is 0 Å². The van der Waals surface area contributed by atoms with Crippen molar-refractivity contribution < 1.29 is 27.8 Å². The fourth-order valence-corrected chi connectivity index (χ4v) is 3.36. The van der Waals surface area contributed by atoms with Crippen molar-refractivity contribution in [2.75, 3.05) is 6.61 Å². The smallest absolute Gasteiger partial charge is 0.433 e. The number of halogens is 3. The predicted octanol–water partition coefficient (Wildman–Crippen LogP) is 5.28. The lowest BCUT2D eigenvalue weighted by Gasteiger charge is -2.14. The Hall–Kier alpha value is -3.36. The summed E-state index contributed by atoms with van der Waals surface area (Å²) in [6.07, 6.45) is 1.63. The molecule has 0 aliphatic carbocycles. The molecule has 0 aliphatic heterocycles. The lowest BCUT2D eigenvalue weighted by Crippen LogP contribution is -2.09. The van der Waals surface area contributed by atoms with Crippen molar-refractivity contribution in [1.82, 2.24) is 14.5 Å². The van der Waals surface area contributed by atoms with E-state index < -0.39 is 17.8 Å². The average molecular weight is 447 g/mol. The van der Waals surface area contributed by atoms with Gasteiger partial charge in [-0.05, 0) is 37.0 Å². The van der Waals surface area contributed by atoms with E-state index in [9.17, 15) is 18.0 Å². The number of hydrogen-bond acceptors (Lipinski definition) is 4. The quantitative estimate of drug-likeness (QED) is 0.428. The molecule has 32 heavy (non-hydrogen) atoms. The van der Waals surface area contributed by atoms with Crippen LogP contribution in [0.3, 0.4) is 0 Å². The van der Waals surface area contributed by atoms with E-state index in [0.717, 1.165) is 24.5 Å². The molecule has 6 nitrogen and oxygen atoms in total. The highest BCUT2D eigenvalue weighted by Crippen LogP contribution is 2.29. The highest BCUT2D eigenvalue weighted by Gasteiger charge is 2.32. The second-order valence-electron chi connectivity index (χ2n) is 7.61. The van der Waals surface area contributed by atoms with Crippen molar-refractivity contribution in [1.29, 1.82) is 0 Å². The second-order valence-corrected chi connectivity index (χ2v) is 7.61. The first-order valence-corrected chi connectivity index (χ1v) is 10.2. The number of para-hydroxylation sites is 1. The van der Waals surface area contributed by atoms with Crippen LogP contribution in [-0.4, -0.2) is 32.2 Å². The third-order valence-electron chi connectivity index (χ3n) is 4.96. The molecule has 0 amide bonds. The van der Waals surface area contributed by atoms with Crippen molar-refractivity contribution in [3.8, 4) is 17.1 Å². The first-order valence-electron chi connectivity index (χ1n) is 10.2. The Morgan fingerprint density at radius 2 is 1.97 bits per heavy atom. The molecule has 0 spiro atoms. The Kier molecular flexibility index (Phi) is 7.50. The van der Waals surface area contributed by atoms with E-state index in [1.165, 1.54) is 12.3 Å². The monoisotopic (exact) mass is 447 g/mol. The van der Waals surface area contributed by atoms with E-state index in [1.807, 2.05) is 35.8 Å². The number of nitrogens with zero attached hydrogens (tertiary/aromatic N) is 3. The highest BCUT2D eigenvalue weighted by molar-refractivity contribution is 5.66. The molecule has 3 rings (SSSR count). The summed E-state index contributed by atoms with van der Waals surface area (Å²) in [7, 11) is 0. The maximum absolute atomic E-state index is 12.8. The Bertz CT molecular complexity index is 1030. The van der Waals surface area contributed by atoms with Gasteiger partial charge < -0.3 is 14.4 Å². The maximum atomic E-state index is 12.8. The number of imidazole rings is 1. The summed E-state index contributed by atoms with van der Waals surface area (Å²) in [6.45, 7) is 2.78. The van der Waals surface area contributed by atoms with E-state index >= 15 is 0 Å². The molecule has 1 N–H and O–H groups in total. The average Bonchev–Trinajstić information content (AvgIpc) is 3.19. The predicted molar refractivity (Wildman–Crippen MR) is 112 cm³/mol. The number of benzene rings is 1. The molecule has 0 fully saturated rings. The number of aliphatic carboxylic acids is 1. The molecule has 0 bridgehead atoms. The number of hydrogen-bond donors (Lipinski definition) is 1. The molecule has 0 radical (unpaired) electrons. The second kappa shape index (κ2) is 10.3. The molecule has 0 unspecified atom stereocenters. The van der Waals surface area contributed by atoms with Gasteiger partial charge in [-0.2, -0.15) is 13.2 Å². The summed E-state index contributed by atoms with van der Waals surface area (Å²) in [6, 6.07) is 9.81. The molecule has 9 heteroatoms. The van der Waals surface area contributed by atoms with Crippen molar-refractivity contribution in [2.45, 2.75) is 38.9 Å². The van der Waals surface area contributed by atoms with Crippen LogP contribution in [0, 0.1) is 5.92 Å². The molecule has 2 heterocycles. The number of carboxylic acids is 1. The van der Waals surface area contributed by atoms with Crippen LogP contribution >= 0.6 is 0 Å². The molecule has 0 saturated carbocycles. The van der Waals surface area contributed by atoms with E-state index in [2.05, 4.69) is 9.97 Å². The van der Waals surface area contributed by atoms with Gasteiger partial charge in [0, 0.05) is 36.1 Å². The lowest BCUT2D eigenvalue weighted by molar-refractivity contribution is -0.141.